The maximum Gasteiger partial charge on any atom is 0.381 e. The van der Waals surface area contributed by atoms with E-state index in [1.54, 1.807) is 36.4 Å². The number of halogens is 1. The molecule has 21 heavy (non-hydrogen) atoms. The van der Waals surface area contributed by atoms with E-state index in [0.29, 0.717) is 16.3 Å². The van der Waals surface area contributed by atoms with E-state index in [2.05, 4.69) is 9.72 Å². The molecule has 1 heterocycles. The molecule has 0 amide bonds. The highest BCUT2D eigenvalue weighted by Gasteiger charge is 2.21. The SMILES string of the molecule is COC(=O)C(=O)c1ncccc1COc1cccc(Cl)c1. The van der Waals surface area contributed by atoms with Gasteiger partial charge >= 0.3 is 5.97 Å². The van der Waals surface area contributed by atoms with Crippen molar-refractivity contribution in [2.24, 2.45) is 0 Å². The van der Waals surface area contributed by atoms with Crippen molar-refractivity contribution in [3.63, 3.8) is 0 Å². The Morgan fingerprint density at radius 2 is 2.05 bits per heavy atom. The van der Waals surface area contributed by atoms with Gasteiger partial charge in [0.05, 0.1) is 7.11 Å². The van der Waals surface area contributed by atoms with E-state index in [0.717, 1.165) is 7.11 Å². The van der Waals surface area contributed by atoms with Crippen molar-refractivity contribution in [3.05, 3.63) is 58.9 Å². The summed E-state index contributed by atoms with van der Waals surface area (Å²) in [5.74, 6) is -1.21. The first-order chi connectivity index (χ1) is 10.1. The standard InChI is InChI=1S/C15H12ClNO4/c1-20-15(19)14(18)13-10(4-3-7-17-13)9-21-12-6-2-5-11(16)8-12/h2-8H,9H2,1H3. The molecule has 0 aliphatic rings. The lowest BCUT2D eigenvalue weighted by Crippen LogP contribution is -2.19. The van der Waals surface area contributed by atoms with Crippen LogP contribution in [0.2, 0.25) is 5.02 Å². The second-order valence-electron chi connectivity index (χ2n) is 4.08. The monoisotopic (exact) mass is 305 g/mol. The van der Waals surface area contributed by atoms with Crippen LogP contribution in [-0.4, -0.2) is 23.8 Å². The van der Waals surface area contributed by atoms with Gasteiger partial charge < -0.3 is 9.47 Å². The lowest BCUT2D eigenvalue weighted by atomic mass is 10.1. The molecule has 5 nitrogen and oxygen atoms in total. The fraction of sp³-hybridized carbons (Fsp3) is 0.133. The highest BCUT2D eigenvalue weighted by Crippen LogP contribution is 2.19. The molecule has 6 heteroatoms. The molecular formula is C15H12ClNO4. The first-order valence-corrected chi connectivity index (χ1v) is 6.44. The van der Waals surface area contributed by atoms with Gasteiger partial charge in [0.25, 0.3) is 5.78 Å². The van der Waals surface area contributed by atoms with Crippen molar-refractivity contribution >= 4 is 23.4 Å². The maximum atomic E-state index is 11.8. The van der Waals surface area contributed by atoms with Crippen LogP contribution in [-0.2, 0) is 16.1 Å². The Morgan fingerprint density at radius 1 is 1.24 bits per heavy atom. The first kappa shape index (κ1) is 15.0. The molecule has 0 spiro atoms. The minimum atomic E-state index is -0.960. The number of aromatic nitrogens is 1. The summed E-state index contributed by atoms with van der Waals surface area (Å²) >= 11 is 5.86. The molecule has 2 rings (SSSR count). The van der Waals surface area contributed by atoms with Crippen LogP contribution in [0.15, 0.2) is 42.6 Å². The summed E-state index contributed by atoms with van der Waals surface area (Å²) < 4.78 is 9.96. The summed E-state index contributed by atoms with van der Waals surface area (Å²) in [4.78, 5) is 27.1. The number of ketones is 1. The van der Waals surface area contributed by atoms with Gasteiger partial charge in [-0.25, -0.2) is 4.79 Å². The molecule has 0 fully saturated rings. The zero-order valence-electron chi connectivity index (χ0n) is 11.2. The molecule has 1 aromatic heterocycles. The van der Waals surface area contributed by atoms with Gasteiger partial charge in [-0.3, -0.25) is 9.78 Å². The van der Waals surface area contributed by atoms with Gasteiger partial charge in [0.15, 0.2) is 0 Å². The Bertz CT molecular complexity index is 672. The fourth-order valence-electron chi connectivity index (χ4n) is 1.67. The summed E-state index contributed by atoms with van der Waals surface area (Å²) in [6.07, 6.45) is 1.43. The molecule has 0 atom stereocenters. The van der Waals surface area contributed by atoms with E-state index < -0.39 is 11.8 Å². The fourth-order valence-corrected chi connectivity index (χ4v) is 1.85. The summed E-state index contributed by atoms with van der Waals surface area (Å²) in [5.41, 5.74) is 0.513. The van der Waals surface area contributed by atoms with Crippen LogP contribution in [0.3, 0.4) is 0 Å². The third kappa shape index (κ3) is 3.79. The van der Waals surface area contributed by atoms with Gasteiger partial charge in [-0.05, 0) is 24.3 Å². The molecule has 0 saturated carbocycles. The van der Waals surface area contributed by atoms with Crippen LogP contribution in [0.1, 0.15) is 16.1 Å². The van der Waals surface area contributed by atoms with Crippen molar-refractivity contribution in [1.82, 2.24) is 4.98 Å². The Kier molecular flexibility index (Phi) is 4.90. The van der Waals surface area contributed by atoms with Gasteiger partial charge in [-0.1, -0.05) is 23.7 Å². The van der Waals surface area contributed by atoms with Crippen LogP contribution < -0.4 is 4.74 Å². The number of esters is 1. The number of benzene rings is 1. The topological polar surface area (TPSA) is 65.5 Å². The molecule has 0 radical (unpaired) electrons. The Morgan fingerprint density at radius 3 is 2.76 bits per heavy atom. The zero-order chi connectivity index (χ0) is 15.2. The molecule has 0 unspecified atom stereocenters. The number of carbonyl (C=O) groups excluding carboxylic acids is 2. The lowest BCUT2D eigenvalue weighted by Gasteiger charge is -2.09. The smallest absolute Gasteiger partial charge is 0.381 e. The number of hydrogen-bond acceptors (Lipinski definition) is 5. The van der Waals surface area contributed by atoms with Gasteiger partial charge in [-0.2, -0.15) is 0 Å². The van der Waals surface area contributed by atoms with Gasteiger partial charge in [-0.15, -0.1) is 0 Å². The number of pyridine rings is 1. The average molecular weight is 306 g/mol. The largest absolute Gasteiger partial charge is 0.489 e. The highest BCUT2D eigenvalue weighted by molar-refractivity contribution is 6.40. The highest BCUT2D eigenvalue weighted by atomic mass is 35.5. The molecule has 0 bridgehead atoms. The third-order valence-electron chi connectivity index (χ3n) is 2.67. The van der Waals surface area contributed by atoms with Crippen LogP contribution >= 0.6 is 11.6 Å². The Hall–Kier alpha value is -2.40. The number of methoxy groups -OCH3 is 1. The number of ether oxygens (including phenoxy) is 2. The van der Waals surface area contributed by atoms with Gasteiger partial charge in [0.2, 0.25) is 0 Å². The van der Waals surface area contributed by atoms with Crippen molar-refractivity contribution < 1.29 is 19.1 Å². The molecule has 0 N–H and O–H groups in total. The van der Waals surface area contributed by atoms with Crippen molar-refractivity contribution in [1.29, 1.82) is 0 Å². The number of Topliss-reactive ketones (excluding diaryl/α,β-unsaturated/α-hetero) is 1. The van der Waals surface area contributed by atoms with Gasteiger partial charge in [0.1, 0.15) is 18.1 Å². The van der Waals surface area contributed by atoms with E-state index in [1.165, 1.54) is 6.20 Å². The molecule has 0 saturated heterocycles. The minimum Gasteiger partial charge on any atom is -0.489 e. The van der Waals surface area contributed by atoms with Crippen molar-refractivity contribution in [2.75, 3.05) is 7.11 Å². The number of carbonyl (C=O) groups is 2. The Balaban J connectivity index is 2.17. The summed E-state index contributed by atoms with van der Waals surface area (Å²) in [6.45, 7) is 0.0895. The van der Waals surface area contributed by atoms with E-state index in [1.807, 2.05) is 0 Å². The van der Waals surface area contributed by atoms with E-state index in [4.69, 9.17) is 16.3 Å². The first-order valence-electron chi connectivity index (χ1n) is 6.06. The van der Waals surface area contributed by atoms with E-state index in [-0.39, 0.29) is 12.3 Å². The van der Waals surface area contributed by atoms with Crippen LogP contribution in [0.5, 0.6) is 5.75 Å². The summed E-state index contributed by atoms with van der Waals surface area (Å²) in [7, 11) is 1.14. The molecule has 1 aromatic carbocycles. The third-order valence-corrected chi connectivity index (χ3v) is 2.90. The molecular weight excluding hydrogens is 294 g/mol. The summed E-state index contributed by atoms with van der Waals surface area (Å²) in [6, 6.07) is 10.2. The van der Waals surface area contributed by atoms with Crippen molar-refractivity contribution in [3.8, 4) is 5.75 Å². The molecule has 0 aliphatic heterocycles. The zero-order valence-corrected chi connectivity index (χ0v) is 12.0. The van der Waals surface area contributed by atoms with Crippen LogP contribution in [0, 0.1) is 0 Å². The lowest BCUT2D eigenvalue weighted by molar-refractivity contribution is -0.135. The molecule has 0 aliphatic carbocycles. The second-order valence-corrected chi connectivity index (χ2v) is 4.51. The average Bonchev–Trinajstić information content (AvgIpc) is 2.52. The predicted molar refractivity (Wildman–Crippen MR) is 76.4 cm³/mol. The Labute approximate surface area is 126 Å². The quantitative estimate of drug-likeness (QED) is 0.483. The maximum absolute atomic E-state index is 11.8. The molecule has 108 valence electrons. The number of hydrogen-bond donors (Lipinski definition) is 0. The number of rotatable bonds is 5. The van der Waals surface area contributed by atoms with Crippen LogP contribution in [0.25, 0.3) is 0 Å². The van der Waals surface area contributed by atoms with Crippen LogP contribution in [0.4, 0.5) is 0 Å². The number of nitrogens with zero attached hydrogens (tertiary/aromatic N) is 1. The minimum absolute atomic E-state index is 0.0198. The predicted octanol–water partition coefficient (Wildman–Crippen LogP) is 2.67. The molecule has 2 aromatic rings. The normalized spacial score (nSPS) is 10.0. The van der Waals surface area contributed by atoms with Gasteiger partial charge in [0, 0.05) is 16.8 Å². The van der Waals surface area contributed by atoms with E-state index in [9.17, 15) is 9.59 Å². The van der Waals surface area contributed by atoms with Crippen molar-refractivity contribution in [2.45, 2.75) is 6.61 Å². The summed E-state index contributed by atoms with van der Waals surface area (Å²) in [5, 5.41) is 0.546. The second kappa shape index (κ2) is 6.85. The van der Waals surface area contributed by atoms with E-state index >= 15 is 0 Å².